The zero-order valence-electron chi connectivity index (χ0n) is 7.13. The molecule has 1 amide bonds. The minimum atomic E-state index is -0.0705. The molecule has 2 rings (SSSR count). The van der Waals surface area contributed by atoms with Crippen molar-refractivity contribution in [1.82, 2.24) is 0 Å². The van der Waals surface area contributed by atoms with E-state index in [0.29, 0.717) is 17.9 Å². The summed E-state index contributed by atoms with van der Waals surface area (Å²) in [5.41, 5.74) is 1.45. The predicted molar refractivity (Wildman–Crippen MR) is 47.0 cm³/mol. The minimum absolute atomic E-state index is 0.0449. The maximum absolute atomic E-state index is 11.0. The SMILES string of the molecule is COc1c(O)ccc2c1NC(=O)C2. The third-order valence-corrected chi connectivity index (χ3v) is 2.04. The highest BCUT2D eigenvalue weighted by atomic mass is 16.5. The van der Waals surface area contributed by atoms with Crippen LogP contribution in [0.1, 0.15) is 5.56 Å². The molecule has 2 N–H and O–H groups in total. The summed E-state index contributed by atoms with van der Waals surface area (Å²) in [7, 11) is 1.46. The Morgan fingerprint density at radius 2 is 2.31 bits per heavy atom. The van der Waals surface area contributed by atoms with Gasteiger partial charge in [-0.15, -0.1) is 0 Å². The Bertz CT molecular complexity index is 373. The second-order valence-corrected chi connectivity index (χ2v) is 2.88. The molecule has 1 heterocycles. The molecule has 1 aromatic carbocycles. The highest BCUT2D eigenvalue weighted by molar-refractivity contribution is 6.01. The summed E-state index contributed by atoms with van der Waals surface area (Å²) in [6.07, 6.45) is 0.353. The number of rotatable bonds is 1. The highest BCUT2D eigenvalue weighted by Gasteiger charge is 2.23. The van der Waals surface area contributed by atoms with Crippen LogP contribution < -0.4 is 10.1 Å². The number of benzene rings is 1. The van der Waals surface area contributed by atoms with E-state index in [1.54, 1.807) is 6.07 Å². The molecule has 0 atom stereocenters. The van der Waals surface area contributed by atoms with E-state index in [0.717, 1.165) is 5.56 Å². The van der Waals surface area contributed by atoms with Crippen molar-refractivity contribution in [3.05, 3.63) is 17.7 Å². The van der Waals surface area contributed by atoms with Crippen molar-refractivity contribution in [2.24, 2.45) is 0 Å². The van der Waals surface area contributed by atoms with Gasteiger partial charge in [-0.1, -0.05) is 6.07 Å². The van der Waals surface area contributed by atoms with Crippen molar-refractivity contribution in [2.45, 2.75) is 6.42 Å². The quantitative estimate of drug-likeness (QED) is 0.673. The molecule has 0 bridgehead atoms. The van der Waals surface area contributed by atoms with Gasteiger partial charge in [0.15, 0.2) is 11.5 Å². The van der Waals surface area contributed by atoms with E-state index < -0.39 is 0 Å². The number of methoxy groups -OCH3 is 1. The van der Waals surface area contributed by atoms with Crippen molar-refractivity contribution in [3.63, 3.8) is 0 Å². The molecule has 1 aliphatic heterocycles. The van der Waals surface area contributed by atoms with Crippen molar-refractivity contribution in [2.75, 3.05) is 12.4 Å². The minimum Gasteiger partial charge on any atom is -0.504 e. The smallest absolute Gasteiger partial charge is 0.228 e. The molecule has 0 aliphatic carbocycles. The number of aromatic hydroxyl groups is 1. The number of nitrogens with one attached hydrogen (secondary N) is 1. The average Bonchev–Trinajstić information content (AvgIpc) is 2.45. The topological polar surface area (TPSA) is 58.6 Å². The third-order valence-electron chi connectivity index (χ3n) is 2.04. The summed E-state index contributed by atoms with van der Waals surface area (Å²) in [5.74, 6) is 0.311. The fourth-order valence-corrected chi connectivity index (χ4v) is 1.46. The van der Waals surface area contributed by atoms with Crippen molar-refractivity contribution >= 4 is 11.6 Å². The lowest BCUT2D eigenvalue weighted by molar-refractivity contribution is -0.115. The van der Waals surface area contributed by atoms with Crippen LogP contribution in [-0.4, -0.2) is 18.1 Å². The van der Waals surface area contributed by atoms with E-state index in [1.807, 2.05) is 0 Å². The fourth-order valence-electron chi connectivity index (χ4n) is 1.46. The normalized spacial score (nSPS) is 13.8. The monoisotopic (exact) mass is 179 g/mol. The summed E-state index contributed by atoms with van der Waals surface area (Å²) in [6, 6.07) is 3.24. The number of phenolic OH excluding ortho intramolecular Hbond substituents is 1. The van der Waals surface area contributed by atoms with Gasteiger partial charge in [0.1, 0.15) is 0 Å². The Morgan fingerprint density at radius 3 is 3.00 bits per heavy atom. The molecule has 0 saturated heterocycles. The van der Waals surface area contributed by atoms with Gasteiger partial charge in [0.2, 0.25) is 5.91 Å². The maximum atomic E-state index is 11.0. The van der Waals surface area contributed by atoms with Crippen LogP contribution in [0.15, 0.2) is 12.1 Å². The molecule has 0 unspecified atom stereocenters. The Labute approximate surface area is 75.1 Å². The number of carbonyl (C=O) groups excluding carboxylic acids is 1. The summed E-state index contributed by atoms with van der Waals surface area (Å²) in [6.45, 7) is 0. The van der Waals surface area contributed by atoms with Gasteiger partial charge in [0, 0.05) is 0 Å². The number of hydrogen-bond donors (Lipinski definition) is 2. The maximum Gasteiger partial charge on any atom is 0.228 e. The first-order valence-corrected chi connectivity index (χ1v) is 3.91. The predicted octanol–water partition coefficient (Wildman–Crippen LogP) is 0.895. The molecule has 4 heteroatoms. The summed E-state index contributed by atoms with van der Waals surface area (Å²) < 4.78 is 4.97. The zero-order chi connectivity index (χ0) is 9.42. The first kappa shape index (κ1) is 7.91. The van der Waals surface area contributed by atoms with E-state index in [1.165, 1.54) is 13.2 Å². The highest BCUT2D eigenvalue weighted by Crippen LogP contribution is 2.39. The molecule has 0 spiro atoms. The average molecular weight is 179 g/mol. The van der Waals surface area contributed by atoms with Crippen LogP contribution in [0.3, 0.4) is 0 Å². The van der Waals surface area contributed by atoms with Gasteiger partial charge in [-0.2, -0.15) is 0 Å². The van der Waals surface area contributed by atoms with Crippen LogP contribution in [0.25, 0.3) is 0 Å². The van der Waals surface area contributed by atoms with Crippen molar-refractivity contribution in [1.29, 1.82) is 0 Å². The van der Waals surface area contributed by atoms with Gasteiger partial charge < -0.3 is 15.2 Å². The second-order valence-electron chi connectivity index (χ2n) is 2.88. The number of fused-ring (bicyclic) bond motifs is 1. The van der Waals surface area contributed by atoms with Crippen molar-refractivity contribution in [3.8, 4) is 11.5 Å². The van der Waals surface area contributed by atoms with E-state index in [-0.39, 0.29) is 11.7 Å². The first-order chi connectivity index (χ1) is 6.22. The van der Waals surface area contributed by atoms with Crippen molar-refractivity contribution < 1.29 is 14.6 Å². The number of amides is 1. The molecule has 0 aromatic heterocycles. The van der Waals surface area contributed by atoms with E-state index in [9.17, 15) is 9.90 Å². The van der Waals surface area contributed by atoms with Gasteiger partial charge in [-0.3, -0.25) is 4.79 Å². The Hall–Kier alpha value is -1.71. The second kappa shape index (κ2) is 2.65. The molecular formula is C9H9NO3. The molecule has 0 fully saturated rings. The Kier molecular flexibility index (Phi) is 1.62. The summed E-state index contributed by atoms with van der Waals surface area (Å²) in [5, 5.41) is 12.0. The molecule has 0 radical (unpaired) electrons. The Morgan fingerprint density at radius 1 is 1.54 bits per heavy atom. The van der Waals surface area contributed by atoms with Gasteiger partial charge in [0.25, 0.3) is 0 Å². The third kappa shape index (κ3) is 1.11. The molecule has 68 valence electrons. The number of hydrogen-bond acceptors (Lipinski definition) is 3. The fraction of sp³-hybridized carbons (Fsp3) is 0.222. The summed E-state index contributed by atoms with van der Waals surface area (Å²) >= 11 is 0. The van der Waals surface area contributed by atoms with Crippen LogP contribution >= 0.6 is 0 Å². The van der Waals surface area contributed by atoms with Crippen LogP contribution in [0.4, 0.5) is 5.69 Å². The van der Waals surface area contributed by atoms with Crippen LogP contribution in [0.2, 0.25) is 0 Å². The van der Waals surface area contributed by atoms with E-state index in [4.69, 9.17) is 4.74 Å². The first-order valence-electron chi connectivity index (χ1n) is 3.91. The largest absolute Gasteiger partial charge is 0.504 e. The molecule has 13 heavy (non-hydrogen) atoms. The van der Waals surface area contributed by atoms with Crippen LogP contribution in [0.5, 0.6) is 11.5 Å². The summed E-state index contributed by atoms with van der Waals surface area (Å²) in [4.78, 5) is 11.0. The van der Waals surface area contributed by atoms with Gasteiger partial charge >= 0.3 is 0 Å². The zero-order valence-corrected chi connectivity index (χ0v) is 7.13. The number of anilines is 1. The molecule has 0 saturated carbocycles. The lowest BCUT2D eigenvalue weighted by atomic mass is 10.1. The molecular weight excluding hydrogens is 170 g/mol. The number of carbonyl (C=O) groups is 1. The van der Waals surface area contributed by atoms with E-state index >= 15 is 0 Å². The Balaban J connectivity index is 2.58. The van der Waals surface area contributed by atoms with Crippen LogP contribution in [-0.2, 0) is 11.2 Å². The van der Waals surface area contributed by atoms with Crippen LogP contribution in [0, 0.1) is 0 Å². The standard InChI is InChI=1S/C9H9NO3/c1-13-9-6(11)3-2-5-4-7(12)10-8(5)9/h2-3,11H,4H2,1H3,(H,10,12). The lowest BCUT2D eigenvalue weighted by Gasteiger charge is -2.07. The molecule has 4 nitrogen and oxygen atoms in total. The number of ether oxygens (including phenoxy) is 1. The van der Waals surface area contributed by atoms with E-state index in [2.05, 4.69) is 5.32 Å². The van der Waals surface area contributed by atoms with Gasteiger partial charge in [-0.25, -0.2) is 0 Å². The molecule has 1 aromatic rings. The lowest BCUT2D eigenvalue weighted by Crippen LogP contribution is -2.04. The molecule has 1 aliphatic rings. The number of phenols is 1. The van der Waals surface area contributed by atoms with Gasteiger partial charge in [-0.05, 0) is 11.6 Å². The van der Waals surface area contributed by atoms with Gasteiger partial charge in [0.05, 0.1) is 19.2 Å².